The molecule has 0 aromatic heterocycles. The molecule has 3 nitrogen and oxygen atoms in total. The van der Waals surface area contributed by atoms with Gasteiger partial charge in [-0.15, -0.1) is 0 Å². The van der Waals surface area contributed by atoms with Crippen molar-refractivity contribution < 1.29 is 4.79 Å². The van der Waals surface area contributed by atoms with Crippen LogP contribution in [0.25, 0.3) is 0 Å². The van der Waals surface area contributed by atoms with Gasteiger partial charge in [-0.2, -0.15) is 0 Å². The van der Waals surface area contributed by atoms with Crippen molar-refractivity contribution in [1.29, 1.82) is 0 Å². The predicted octanol–water partition coefficient (Wildman–Crippen LogP) is 2.98. The van der Waals surface area contributed by atoms with Crippen LogP contribution in [0.3, 0.4) is 0 Å². The zero-order valence-corrected chi connectivity index (χ0v) is 13.5. The highest BCUT2D eigenvalue weighted by atomic mass is 32.1. The smallest absolute Gasteiger partial charge is 0.230 e. The third-order valence-electron chi connectivity index (χ3n) is 3.37. The molecule has 0 radical (unpaired) electrons. The molecule has 1 amide bonds. The molecule has 1 aromatic carbocycles. The van der Waals surface area contributed by atoms with Gasteiger partial charge in [0.1, 0.15) is 0 Å². The van der Waals surface area contributed by atoms with Crippen molar-refractivity contribution in [2.75, 3.05) is 0 Å². The molecule has 0 aliphatic carbocycles. The average molecular weight is 292 g/mol. The summed E-state index contributed by atoms with van der Waals surface area (Å²) in [5.74, 6) is 0.120. The first-order valence-electron chi connectivity index (χ1n) is 6.98. The second kappa shape index (κ2) is 7.39. The third-order valence-corrected chi connectivity index (χ3v) is 3.62. The van der Waals surface area contributed by atoms with E-state index in [9.17, 15) is 4.79 Å². The molecule has 20 heavy (non-hydrogen) atoms. The zero-order valence-electron chi connectivity index (χ0n) is 12.6. The van der Waals surface area contributed by atoms with E-state index in [1.54, 1.807) is 0 Å². The number of carbonyl (C=O) groups is 1. The summed E-state index contributed by atoms with van der Waals surface area (Å²) in [5.41, 5.74) is 8.00. The lowest BCUT2D eigenvalue weighted by Gasteiger charge is -2.19. The minimum absolute atomic E-state index is 0.0968. The highest BCUT2D eigenvalue weighted by molar-refractivity contribution is 7.80. The molecule has 0 saturated carbocycles. The van der Waals surface area contributed by atoms with Gasteiger partial charge in [0.2, 0.25) is 5.91 Å². The Morgan fingerprint density at radius 1 is 1.20 bits per heavy atom. The molecule has 1 rings (SSSR count). The quantitative estimate of drug-likeness (QED) is 0.793. The van der Waals surface area contributed by atoms with Crippen molar-refractivity contribution in [1.82, 2.24) is 5.32 Å². The summed E-state index contributed by atoms with van der Waals surface area (Å²) in [4.78, 5) is 12.4. The monoisotopic (exact) mass is 292 g/mol. The van der Waals surface area contributed by atoms with E-state index in [-0.39, 0.29) is 16.8 Å². The molecule has 0 spiro atoms. The topological polar surface area (TPSA) is 55.1 Å². The van der Waals surface area contributed by atoms with Crippen LogP contribution in [-0.2, 0) is 11.3 Å². The van der Waals surface area contributed by atoms with Gasteiger partial charge in [-0.05, 0) is 23.0 Å². The van der Waals surface area contributed by atoms with Crippen molar-refractivity contribution in [3.05, 3.63) is 35.4 Å². The maximum absolute atomic E-state index is 12.1. The van der Waals surface area contributed by atoms with Gasteiger partial charge < -0.3 is 11.1 Å². The molecule has 0 bridgehead atoms. The Bertz CT molecular complexity index is 466. The number of hydrogen-bond donors (Lipinski definition) is 2. The molecule has 1 aromatic rings. The van der Waals surface area contributed by atoms with Crippen molar-refractivity contribution in [2.45, 2.75) is 40.2 Å². The Labute approximate surface area is 126 Å². The van der Waals surface area contributed by atoms with Crippen molar-refractivity contribution in [2.24, 2.45) is 17.6 Å². The Hall–Kier alpha value is -1.42. The molecule has 110 valence electrons. The predicted molar refractivity (Wildman–Crippen MR) is 87.5 cm³/mol. The molecular formula is C16H24N2OS. The number of hydrogen-bond acceptors (Lipinski definition) is 2. The van der Waals surface area contributed by atoms with Gasteiger partial charge in [-0.1, -0.05) is 64.2 Å². The number of amides is 1. The second-order valence-electron chi connectivity index (χ2n) is 5.74. The van der Waals surface area contributed by atoms with Crippen LogP contribution in [0.4, 0.5) is 0 Å². The van der Waals surface area contributed by atoms with E-state index in [4.69, 9.17) is 18.0 Å². The van der Waals surface area contributed by atoms with Gasteiger partial charge in [0, 0.05) is 6.54 Å². The van der Waals surface area contributed by atoms with E-state index >= 15 is 0 Å². The summed E-state index contributed by atoms with van der Waals surface area (Å²) in [7, 11) is 0. The van der Waals surface area contributed by atoms with E-state index in [2.05, 4.69) is 31.3 Å². The average Bonchev–Trinajstić information content (AvgIpc) is 2.36. The maximum Gasteiger partial charge on any atom is 0.230 e. The van der Waals surface area contributed by atoms with Crippen LogP contribution >= 0.6 is 12.2 Å². The number of nitrogens with one attached hydrogen (secondary N) is 1. The number of rotatable bonds is 6. The van der Waals surface area contributed by atoms with Gasteiger partial charge >= 0.3 is 0 Å². The first-order chi connectivity index (χ1) is 9.32. The van der Waals surface area contributed by atoms with Crippen molar-refractivity contribution >= 4 is 23.1 Å². The SMILES string of the molecule is CC(C)c1ccc(CNC(=O)C(C(N)=S)C(C)C)cc1. The summed E-state index contributed by atoms with van der Waals surface area (Å²) in [6.07, 6.45) is 0. The molecule has 1 atom stereocenters. The molecule has 0 saturated heterocycles. The number of benzene rings is 1. The van der Waals surface area contributed by atoms with E-state index in [0.717, 1.165) is 5.56 Å². The second-order valence-corrected chi connectivity index (χ2v) is 6.21. The van der Waals surface area contributed by atoms with Crippen LogP contribution in [0.2, 0.25) is 0 Å². The standard InChI is InChI=1S/C16H24N2OS/c1-10(2)13-7-5-12(6-8-13)9-18-16(19)14(11(3)4)15(17)20/h5-8,10-11,14H,9H2,1-4H3,(H2,17,20)(H,18,19). The lowest BCUT2D eigenvalue weighted by Crippen LogP contribution is -2.40. The van der Waals surface area contributed by atoms with Gasteiger partial charge in [-0.25, -0.2) is 0 Å². The minimum Gasteiger partial charge on any atom is -0.393 e. The minimum atomic E-state index is -0.403. The number of carbonyl (C=O) groups excluding carboxylic acids is 1. The van der Waals surface area contributed by atoms with Gasteiger partial charge in [-0.3, -0.25) is 4.79 Å². The van der Waals surface area contributed by atoms with Crippen LogP contribution < -0.4 is 11.1 Å². The molecule has 4 heteroatoms. The largest absolute Gasteiger partial charge is 0.393 e. The lowest BCUT2D eigenvalue weighted by molar-refractivity contribution is -0.124. The van der Waals surface area contributed by atoms with Gasteiger partial charge in [0.05, 0.1) is 10.9 Å². The molecule has 0 heterocycles. The van der Waals surface area contributed by atoms with E-state index in [1.807, 2.05) is 26.0 Å². The van der Waals surface area contributed by atoms with E-state index < -0.39 is 5.92 Å². The fourth-order valence-electron chi connectivity index (χ4n) is 2.08. The van der Waals surface area contributed by atoms with Crippen LogP contribution in [0.1, 0.15) is 44.7 Å². The normalized spacial score (nSPS) is 12.5. The molecular weight excluding hydrogens is 268 g/mol. The Kier molecular flexibility index (Phi) is 6.14. The lowest BCUT2D eigenvalue weighted by atomic mass is 9.95. The van der Waals surface area contributed by atoms with E-state index in [1.165, 1.54) is 5.56 Å². The summed E-state index contributed by atoms with van der Waals surface area (Å²) in [6.45, 7) is 8.71. The third kappa shape index (κ3) is 4.60. The molecule has 0 aliphatic heterocycles. The first kappa shape index (κ1) is 16.6. The summed E-state index contributed by atoms with van der Waals surface area (Å²) >= 11 is 4.96. The van der Waals surface area contributed by atoms with Gasteiger partial charge in [0.25, 0.3) is 0 Å². The molecule has 1 unspecified atom stereocenters. The van der Waals surface area contributed by atoms with E-state index in [0.29, 0.717) is 12.5 Å². The molecule has 0 aliphatic rings. The summed E-state index contributed by atoms with van der Waals surface area (Å²) in [5, 5.41) is 2.90. The number of thiocarbonyl (C=S) groups is 1. The maximum atomic E-state index is 12.1. The van der Waals surface area contributed by atoms with Crippen LogP contribution in [-0.4, -0.2) is 10.9 Å². The fraction of sp³-hybridized carbons (Fsp3) is 0.500. The fourth-order valence-corrected chi connectivity index (χ4v) is 2.46. The van der Waals surface area contributed by atoms with Gasteiger partial charge in [0.15, 0.2) is 0 Å². The zero-order chi connectivity index (χ0) is 15.3. The Morgan fingerprint density at radius 2 is 1.75 bits per heavy atom. The Morgan fingerprint density at radius 3 is 2.15 bits per heavy atom. The molecule has 3 N–H and O–H groups in total. The highest BCUT2D eigenvalue weighted by Crippen LogP contribution is 2.15. The van der Waals surface area contributed by atoms with Crippen LogP contribution in [0.15, 0.2) is 24.3 Å². The van der Waals surface area contributed by atoms with Crippen LogP contribution in [0, 0.1) is 11.8 Å². The Balaban J connectivity index is 2.62. The first-order valence-corrected chi connectivity index (χ1v) is 7.39. The van der Waals surface area contributed by atoms with Crippen molar-refractivity contribution in [3.8, 4) is 0 Å². The summed E-state index contributed by atoms with van der Waals surface area (Å²) in [6, 6.07) is 8.28. The van der Waals surface area contributed by atoms with Crippen LogP contribution in [0.5, 0.6) is 0 Å². The number of nitrogens with two attached hydrogens (primary N) is 1. The summed E-state index contributed by atoms with van der Waals surface area (Å²) < 4.78 is 0. The van der Waals surface area contributed by atoms with Crippen molar-refractivity contribution in [3.63, 3.8) is 0 Å². The molecule has 0 fully saturated rings. The highest BCUT2D eigenvalue weighted by Gasteiger charge is 2.24.